The van der Waals surface area contributed by atoms with E-state index in [0.29, 0.717) is 28.8 Å². The molecule has 0 bridgehead atoms. The molecule has 24 heavy (non-hydrogen) atoms. The number of anilines is 1. The number of carbonyl (C=O) groups excluding carboxylic acids is 1. The third-order valence-electron chi connectivity index (χ3n) is 3.43. The van der Waals surface area contributed by atoms with Crippen LogP contribution in [-0.2, 0) is 11.2 Å². The van der Waals surface area contributed by atoms with Gasteiger partial charge in [-0.3, -0.25) is 4.79 Å². The molecule has 124 valence electrons. The van der Waals surface area contributed by atoms with Gasteiger partial charge in [0.2, 0.25) is 5.91 Å². The summed E-state index contributed by atoms with van der Waals surface area (Å²) in [4.78, 5) is 16.7. The maximum atomic E-state index is 12.3. The molecule has 0 saturated carbocycles. The van der Waals surface area contributed by atoms with Crippen molar-refractivity contribution in [3.63, 3.8) is 0 Å². The number of halogens is 1. The van der Waals surface area contributed by atoms with Crippen molar-refractivity contribution in [1.29, 1.82) is 0 Å². The number of hydrogen-bond donors (Lipinski definition) is 1. The van der Waals surface area contributed by atoms with E-state index in [9.17, 15) is 4.79 Å². The van der Waals surface area contributed by atoms with E-state index in [0.717, 1.165) is 12.1 Å². The lowest BCUT2D eigenvalue weighted by atomic mass is 10.2. The van der Waals surface area contributed by atoms with Crippen LogP contribution in [0.2, 0.25) is 5.02 Å². The Hall–Kier alpha value is -2.53. The van der Waals surface area contributed by atoms with Crippen LogP contribution < -0.4 is 10.1 Å². The van der Waals surface area contributed by atoms with Gasteiger partial charge in [0.15, 0.2) is 0 Å². The van der Waals surface area contributed by atoms with Crippen molar-refractivity contribution >= 4 is 28.8 Å². The highest BCUT2D eigenvalue weighted by atomic mass is 35.5. The Morgan fingerprint density at radius 3 is 2.92 bits per heavy atom. The van der Waals surface area contributed by atoms with Gasteiger partial charge < -0.3 is 14.5 Å². The Kier molecular flexibility index (Phi) is 5.01. The molecule has 5 nitrogen and oxygen atoms in total. The Morgan fingerprint density at radius 2 is 2.08 bits per heavy atom. The summed E-state index contributed by atoms with van der Waals surface area (Å²) in [5, 5.41) is 3.51. The molecular weight excluding hydrogens is 326 g/mol. The summed E-state index contributed by atoms with van der Waals surface area (Å²) in [6.07, 6.45) is 4.66. The fourth-order valence-corrected chi connectivity index (χ4v) is 2.54. The van der Waals surface area contributed by atoms with Gasteiger partial charge in [-0.05, 0) is 30.7 Å². The number of ether oxygens (including phenoxy) is 1. The number of nitrogens with one attached hydrogen (secondary N) is 1. The molecule has 3 aromatic rings. The van der Waals surface area contributed by atoms with Crippen LogP contribution in [0.4, 0.5) is 5.69 Å². The van der Waals surface area contributed by atoms with Gasteiger partial charge in [0.05, 0.1) is 29.4 Å². The molecule has 0 aliphatic heterocycles. The highest BCUT2D eigenvalue weighted by Crippen LogP contribution is 2.24. The summed E-state index contributed by atoms with van der Waals surface area (Å²) in [6, 6.07) is 11.0. The summed E-state index contributed by atoms with van der Waals surface area (Å²) in [7, 11) is 0. The second-order valence-corrected chi connectivity index (χ2v) is 5.85. The molecule has 1 N–H and O–H groups in total. The topological polar surface area (TPSA) is 55.6 Å². The minimum atomic E-state index is -0.142. The third-order valence-corrected chi connectivity index (χ3v) is 3.65. The zero-order valence-electron chi connectivity index (χ0n) is 13.3. The van der Waals surface area contributed by atoms with E-state index in [4.69, 9.17) is 16.3 Å². The first-order valence-corrected chi connectivity index (χ1v) is 8.18. The van der Waals surface area contributed by atoms with Gasteiger partial charge >= 0.3 is 0 Å². The second-order valence-electron chi connectivity index (χ2n) is 5.41. The molecule has 0 fully saturated rings. The van der Waals surface area contributed by atoms with Crippen LogP contribution in [0.3, 0.4) is 0 Å². The van der Waals surface area contributed by atoms with Crippen molar-refractivity contribution in [2.24, 2.45) is 0 Å². The second kappa shape index (κ2) is 7.36. The lowest BCUT2D eigenvalue weighted by Gasteiger charge is -2.11. The monoisotopic (exact) mass is 343 g/mol. The van der Waals surface area contributed by atoms with Crippen LogP contribution in [0.25, 0.3) is 5.65 Å². The van der Waals surface area contributed by atoms with Crippen LogP contribution in [0.15, 0.2) is 48.8 Å². The van der Waals surface area contributed by atoms with E-state index in [2.05, 4.69) is 10.3 Å². The normalized spacial score (nSPS) is 10.8. The van der Waals surface area contributed by atoms with E-state index < -0.39 is 0 Å². The van der Waals surface area contributed by atoms with Gasteiger partial charge in [0.1, 0.15) is 11.4 Å². The lowest BCUT2D eigenvalue weighted by molar-refractivity contribution is -0.115. The zero-order chi connectivity index (χ0) is 16.9. The first-order valence-electron chi connectivity index (χ1n) is 7.80. The number of aromatic nitrogens is 2. The fourth-order valence-electron chi connectivity index (χ4n) is 2.37. The van der Waals surface area contributed by atoms with Gasteiger partial charge in [-0.15, -0.1) is 0 Å². The molecule has 0 radical (unpaired) electrons. The molecule has 1 aromatic carbocycles. The van der Waals surface area contributed by atoms with Crippen molar-refractivity contribution in [1.82, 2.24) is 9.38 Å². The summed E-state index contributed by atoms with van der Waals surface area (Å²) < 4.78 is 7.46. The molecule has 0 spiro atoms. The maximum Gasteiger partial charge on any atom is 0.230 e. The molecule has 0 atom stereocenters. The smallest absolute Gasteiger partial charge is 0.230 e. The number of fused-ring (bicyclic) bond motifs is 1. The van der Waals surface area contributed by atoms with Gasteiger partial charge in [-0.25, -0.2) is 4.98 Å². The number of carbonyl (C=O) groups is 1. The zero-order valence-corrected chi connectivity index (χ0v) is 14.1. The first kappa shape index (κ1) is 16.3. The average molecular weight is 344 g/mol. The number of pyridine rings is 1. The predicted octanol–water partition coefficient (Wildman–Crippen LogP) is 3.96. The molecule has 0 saturated heterocycles. The van der Waals surface area contributed by atoms with Gasteiger partial charge in [-0.2, -0.15) is 0 Å². The Labute approximate surface area is 145 Å². The fraction of sp³-hybridized carbons (Fsp3) is 0.222. The van der Waals surface area contributed by atoms with Gasteiger partial charge in [0.25, 0.3) is 0 Å². The third kappa shape index (κ3) is 3.86. The SMILES string of the molecule is CCCOc1ccccc1NC(=O)Cc1cn2cc(Cl)ccc2n1. The molecular formula is C18H18ClN3O2. The summed E-state index contributed by atoms with van der Waals surface area (Å²) in [6.45, 7) is 2.65. The summed E-state index contributed by atoms with van der Waals surface area (Å²) in [5.41, 5.74) is 2.11. The molecule has 6 heteroatoms. The molecule has 3 rings (SSSR count). The Morgan fingerprint density at radius 1 is 1.25 bits per heavy atom. The molecule has 2 aromatic heterocycles. The van der Waals surface area contributed by atoms with E-state index in [1.165, 1.54) is 0 Å². The number of para-hydroxylation sites is 2. The summed E-state index contributed by atoms with van der Waals surface area (Å²) >= 11 is 5.96. The highest BCUT2D eigenvalue weighted by Gasteiger charge is 2.11. The van der Waals surface area contributed by atoms with Crippen molar-refractivity contribution < 1.29 is 9.53 Å². The molecule has 1 amide bonds. The van der Waals surface area contributed by atoms with E-state index >= 15 is 0 Å². The van der Waals surface area contributed by atoms with Gasteiger partial charge in [0, 0.05) is 12.4 Å². The van der Waals surface area contributed by atoms with Crippen molar-refractivity contribution in [2.75, 3.05) is 11.9 Å². The standard InChI is InChI=1S/C18H18ClN3O2/c1-2-9-24-16-6-4-3-5-15(16)21-18(23)10-14-12-22-11-13(19)7-8-17(22)20-14/h3-8,11-12H,2,9-10H2,1H3,(H,21,23). The van der Waals surface area contributed by atoms with Gasteiger partial charge in [-0.1, -0.05) is 30.7 Å². The predicted molar refractivity (Wildman–Crippen MR) is 94.8 cm³/mol. The van der Waals surface area contributed by atoms with Crippen LogP contribution in [0.1, 0.15) is 19.0 Å². The Balaban J connectivity index is 1.71. The number of amides is 1. The number of imidazole rings is 1. The molecule has 0 unspecified atom stereocenters. The number of nitrogens with zero attached hydrogens (tertiary/aromatic N) is 2. The average Bonchev–Trinajstić information content (AvgIpc) is 2.95. The van der Waals surface area contributed by atoms with E-state index in [-0.39, 0.29) is 12.3 Å². The van der Waals surface area contributed by atoms with Crippen molar-refractivity contribution in [3.05, 3.63) is 59.5 Å². The number of hydrogen-bond acceptors (Lipinski definition) is 3. The molecule has 0 aliphatic carbocycles. The summed E-state index contributed by atoms with van der Waals surface area (Å²) in [5.74, 6) is 0.534. The number of rotatable bonds is 6. The van der Waals surface area contributed by atoms with E-state index in [1.807, 2.05) is 41.7 Å². The Bertz CT molecular complexity index is 860. The highest BCUT2D eigenvalue weighted by molar-refractivity contribution is 6.30. The van der Waals surface area contributed by atoms with Crippen LogP contribution in [-0.4, -0.2) is 21.9 Å². The van der Waals surface area contributed by atoms with Crippen LogP contribution in [0.5, 0.6) is 5.75 Å². The van der Waals surface area contributed by atoms with E-state index in [1.54, 1.807) is 18.5 Å². The minimum absolute atomic E-state index is 0.142. The van der Waals surface area contributed by atoms with Crippen LogP contribution >= 0.6 is 11.6 Å². The van der Waals surface area contributed by atoms with Crippen LogP contribution in [0, 0.1) is 0 Å². The quantitative estimate of drug-likeness (QED) is 0.737. The minimum Gasteiger partial charge on any atom is -0.491 e. The number of benzene rings is 1. The maximum absolute atomic E-state index is 12.3. The van der Waals surface area contributed by atoms with Crippen molar-refractivity contribution in [2.45, 2.75) is 19.8 Å². The largest absolute Gasteiger partial charge is 0.491 e. The van der Waals surface area contributed by atoms with Crippen molar-refractivity contribution in [3.8, 4) is 5.75 Å². The molecule has 2 heterocycles. The molecule has 0 aliphatic rings. The first-order chi connectivity index (χ1) is 11.7. The lowest BCUT2D eigenvalue weighted by Crippen LogP contribution is -2.15.